The number of rotatable bonds is 7. The summed E-state index contributed by atoms with van der Waals surface area (Å²) >= 11 is 0. The number of hydrogen-bond donors (Lipinski definition) is 2. The van der Waals surface area contributed by atoms with Crippen molar-refractivity contribution in [1.29, 1.82) is 0 Å². The molecule has 0 spiro atoms. The minimum absolute atomic E-state index is 0.113. The Labute approximate surface area is 174 Å². The van der Waals surface area contributed by atoms with Crippen LogP contribution in [-0.2, 0) is 11.2 Å². The van der Waals surface area contributed by atoms with Gasteiger partial charge in [0.15, 0.2) is 0 Å². The number of hydrogen-bond acceptors (Lipinski definition) is 3. The van der Waals surface area contributed by atoms with E-state index in [4.69, 9.17) is 0 Å². The van der Waals surface area contributed by atoms with E-state index in [9.17, 15) is 9.90 Å². The fourth-order valence-corrected chi connectivity index (χ4v) is 6.90. The molecule has 4 rings (SSSR count). The SMILES string of the molecule is CNCCCCCC[C@@H]1Cc2cc(O)ccc2[C@@H]2[C@@H]1[C@@H]1CCC(=O)[C@@]1(C)C[C@@H]2F. The highest BCUT2D eigenvalue weighted by Crippen LogP contribution is 2.62. The summed E-state index contributed by atoms with van der Waals surface area (Å²) < 4.78 is 15.6. The van der Waals surface area contributed by atoms with Crippen LogP contribution in [0, 0.1) is 23.2 Å². The van der Waals surface area contributed by atoms with Crippen LogP contribution < -0.4 is 5.32 Å². The molecular formula is C25H36FNO2. The van der Waals surface area contributed by atoms with E-state index < -0.39 is 11.6 Å². The molecule has 0 aromatic heterocycles. The Morgan fingerprint density at radius 1 is 1.24 bits per heavy atom. The average molecular weight is 402 g/mol. The van der Waals surface area contributed by atoms with Crippen molar-refractivity contribution < 1.29 is 14.3 Å². The quantitative estimate of drug-likeness (QED) is 0.620. The Hall–Kier alpha value is -1.42. The third kappa shape index (κ3) is 3.73. The van der Waals surface area contributed by atoms with Crippen LogP contribution in [0.1, 0.15) is 75.3 Å². The smallest absolute Gasteiger partial charge is 0.139 e. The first-order valence-corrected chi connectivity index (χ1v) is 11.6. The minimum atomic E-state index is -0.968. The van der Waals surface area contributed by atoms with Crippen LogP contribution in [0.5, 0.6) is 5.75 Å². The molecule has 3 aliphatic carbocycles. The van der Waals surface area contributed by atoms with Gasteiger partial charge in [-0.3, -0.25) is 4.79 Å². The molecule has 6 atom stereocenters. The Bertz CT molecular complexity index is 750. The van der Waals surface area contributed by atoms with Crippen LogP contribution >= 0.6 is 0 Å². The van der Waals surface area contributed by atoms with Gasteiger partial charge in [0.05, 0.1) is 0 Å². The van der Waals surface area contributed by atoms with E-state index >= 15 is 4.39 Å². The van der Waals surface area contributed by atoms with E-state index in [0.29, 0.717) is 24.7 Å². The molecule has 1 aromatic rings. The second kappa shape index (κ2) is 8.37. The van der Waals surface area contributed by atoms with Crippen molar-refractivity contribution in [1.82, 2.24) is 5.32 Å². The topological polar surface area (TPSA) is 49.3 Å². The molecule has 2 N–H and O–H groups in total. The number of carbonyl (C=O) groups excluding carboxylic acids is 1. The van der Waals surface area contributed by atoms with Crippen LogP contribution in [0.15, 0.2) is 18.2 Å². The predicted molar refractivity (Wildman–Crippen MR) is 114 cm³/mol. The van der Waals surface area contributed by atoms with Crippen LogP contribution in [0.25, 0.3) is 0 Å². The summed E-state index contributed by atoms with van der Waals surface area (Å²) in [7, 11) is 1.99. The van der Waals surface area contributed by atoms with E-state index in [1.807, 2.05) is 26.1 Å². The van der Waals surface area contributed by atoms with Crippen LogP contribution in [0.4, 0.5) is 4.39 Å². The molecule has 160 valence electrons. The van der Waals surface area contributed by atoms with Gasteiger partial charge in [-0.25, -0.2) is 4.39 Å². The third-order valence-corrected chi connectivity index (χ3v) is 8.29. The lowest BCUT2D eigenvalue weighted by molar-refractivity contribution is -0.132. The third-order valence-electron chi connectivity index (χ3n) is 8.29. The van der Waals surface area contributed by atoms with Crippen molar-refractivity contribution in [3.05, 3.63) is 29.3 Å². The molecule has 3 aliphatic rings. The van der Waals surface area contributed by atoms with Gasteiger partial charge in [-0.1, -0.05) is 32.3 Å². The maximum Gasteiger partial charge on any atom is 0.139 e. The van der Waals surface area contributed by atoms with Crippen LogP contribution in [-0.4, -0.2) is 30.7 Å². The number of fused-ring (bicyclic) bond motifs is 5. The van der Waals surface area contributed by atoms with E-state index in [-0.39, 0.29) is 23.4 Å². The molecule has 0 bridgehead atoms. The Morgan fingerprint density at radius 3 is 2.83 bits per heavy atom. The Kier molecular flexibility index (Phi) is 6.02. The zero-order valence-electron chi connectivity index (χ0n) is 17.9. The molecule has 2 saturated carbocycles. The van der Waals surface area contributed by atoms with Gasteiger partial charge in [-0.05, 0) is 86.7 Å². The number of Topliss-reactive ketones (excluding diaryl/α,β-unsaturated/α-hetero) is 1. The fourth-order valence-electron chi connectivity index (χ4n) is 6.90. The van der Waals surface area contributed by atoms with Gasteiger partial charge in [-0.15, -0.1) is 0 Å². The van der Waals surface area contributed by atoms with Crippen molar-refractivity contribution in [2.24, 2.45) is 23.2 Å². The summed E-state index contributed by atoms with van der Waals surface area (Å²) in [6.07, 6.45) is 7.77. The monoisotopic (exact) mass is 401 g/mol. The highest BCUT2D eigenvalue weighted by molar-refractivity contribution is 5.87. The second-order valence-electron chi connectivity index (χ2n) is 9.96. The molecule has 0 unspecified atom stereocenters. The Balaban J connectivity index is 1.59. The number of alkyl halides is 1. The van der Waals surface area contributed by atoms with Gasteiger partial charge in [0.1, 0.15) is 17.7 Å². The first-order valence-electron chi connectivity index (χ1n) is 11.6. The van der Waals surface area contributed by atoms with Crippen molar-refractivity contribution >= 4 is 5.78 Å². The van der Waals surface area contributed by atoms with Crippen LogP contribution in [0.2, 0.25) is 0 Å². The largest absolute Gasteiger partial charge is 0.508 e. The summed E-state index contributed by atoms with van der Waals surface area (Å²) in [4.78, 5) is 12.7. The molecule has 1 aromatic carbocycles. The number of nitrogens with one attached hydrogen (secondary N) is 1. The maximum atomic E-state index is 15.6. The molecule has 4 heteroatoms. The van der Waals surface area contributed by atoms with Gasteiger partial charge < -0.3 is 10.4 Å². The molecular weight excluding hydrogens is 365 g/mol. The summed E-state index contributed by atoms with van der Waals surface area (Å²) in [6.45, 7) is 3.10. The normalized spacial score (nSPS) is 35.8. The van der Waals surface area contributed by atoms with Crippen LogP contribution in [0.3, 0.4) is 0 Å². The minimum Gasteiger partial charge on any atom is -0.508 e. The van der Waals surface area contributed by atoms with E-state index in [0.717, 1.165) is 36.9 Å². The first kappa shape index (κ1) is 20.8. The maximum absolute atomic E-state index is 15.6. The number of carbonyl (C=O) groups is 1. The zero-order chi connectivity index (χ0) is 20.6. The summed E-state index contributed by atoms with van der Waals surface area (Å²) in [5.74, 6) is 1.42. The summed E-state index contributed by atoms with van der Waals surface area (Å²) in [5, 5.41) is 13.2. The van der Waals surface area contributed by atoms with Crippen molar-refractivity contribution in [3.8, 4) is 5.75 Å². The molecule has 0 aliphatic heterocycles. The van der Waals surface area contributed by atoms with E-state index in [2.05, 4.69) is 5.32 Å². The molecule has 29 heavy (non-hydrogen) atoms. The number of unbranched alkanes of at least 4 members (excludes halogenated alkanes) is 3. The molecule has 0 heterocycles. The summed E-state index contributed by atoms with van der Waals surface area (Å²) in [6, 6.07) is 5.51. The predicted octanol–water partition coefficient (Wildman–Crippen LogP) is 5.16. The number of ketones is 1. The molecule has 2 fully saturated rings. The molecule has 0 amide bonds. The Morgan fingerprint density at radius 2 is 2.03 bits per heavy atom. The van der Waals surface area contributed by atoms with Crippen molar-refractivity contribution in [3.63, 3.8) is 0 Å². The highest BCUT2D eigenvalue weighted by Gasteiger charge is 2.60. The lowest BCUT2D eigenvalue weighted by Crippen LogP contribution is -2.50. The van der Waals surface area contributed by atoms with Gasteiger partial charge in [-0.2, -0.15) is 0 Å². The van der Waals surface area contributed by atoms with E-state index in [1.54, 1.807) is 6.07 Å². The number of phenolic OH excluding ortho intramolecular Hbond substituents is 1. The lowest BCUT2D eigenvalue weighted by Gasteiger charge is -2.53. The number of phenols is 1. The van der Waals surface area contributed by atoms with Crippen molar-refractivity contribution in [2.45, 2.75) is 76.8 Å². The van der Waals surface area contributed by atoms with E-state index in [1.165, 1.54) is 25.7 Å². The summed E-state index contributed by atoms with van der Waals surface area (Å²) in [5.41, 5.74) is 1.74. The number of aromatic hydroxyl groups is 1. The van der Waals surface area contributed by atoms with Gasteiger partial charge in [0.25, 0.3) is 0 Å². The number of halogens is 1. The van der Waals surface area contributed by atoms with Gasteiger partial charge in [0, 0.05) is 17.8 Å². The molecule has 0 radical (unpaired) electrons. The first-order chi connectivity index (χ1) is 14.0. The van der Waals surface area contributed by atoms with Gasteiger partial charge >= 0.3 is 0 Å². The second-order valence-corrected chi connectivity index (χ2v) is 9.96. The van der Waals surface area contributed by atoms with Crippen molar-refractivity contribution in [2.75, 3.05) is 13.6 Å². The molecule has 3 nitrogen and oxygen atoms in total. The zero-order valence-corrected chi connectivity index (χ0v) is 17.9. The number of benzene rings is 1. The standard InChI is InChI=1S/C25H36FNO2/c1-25-15-21(26)24-19-9-8-18(28)14-17(19)13-16(7-5-3-4-6-12-27-2)23(24)20(25)10-11-22(25)29/h8-9,14,16,20-21,23-24,27-28H,3-7,10-13,15H2,1-2H3/t16-,20+,21+,23+,24+,25+/m1/s1. The molecule has 0 saturated heterocycles. The van der Waals surface area contributed by atoms with Gasteiger partial charge in [0.2, 0.25) is 0 Å². The highest BCUT2D eigenvalue weighted by atomic mass is 19.1. The average Bonchev–Trinajstić information content (AvgIpc) is 2.98. The fraction of sp³-hybridized carbons (Fsp3) is 0.720. The lowest BCUT2D eigenvalue weighted by atomic mass is 9.51.